The first kappa shape index (κ1) is 97.7. The van der Waals surface area contributed by atoms with E-state index < -0.39 is 0 Å². The number of anilines is 8. The number of nitrogens with zero attached hydrogens (tertiary/aromatic N) is 9. The maximum atomic E-state index is 13.0. The van der Waals surface area contributed by atoms with E-state index in [0.717, 1.165) is 210 Å². The Kier molecular flexibility index (Phi) is 29.3. The first-order valence-electron chi connectivity index (χ1n) is 46.3. The van der Waals surface area contributed by atoms with Crippen LogP contribution in [0, 0.1) is 33.1 Å². The highest BCUT2D eigenvalue weighted by molar-refractivity contribution is 7.22. The van der Waals surface area contributed by atoms with Crippen LogP contribution in [0.15, 0.2) is 115 Å². The molecule has 21 rings (SSSR count). The van der Waals surface area contributed by atoms with Crippen LogP contribution in [-0.4, -0.2) is 207 Å². The average molecular weight is 1930 g/mol. The van der Waals surface area contributed by atoms with Gasteiger partial charge >= 0.3 is 0 Å². The van der Waals surface area contributed by atoms with Crippen molar-refractivity contribution in [2.45, 2.75) is 219 Å². The molecule has 14 atom stereocenters. The van der Waals surface area contributed by atoms with E-state index in [0.29, 0.717) is 81.0 Å². The molecule has 0 spiro atoms. The van der Waals surface area contributed by atoms with Crippen molar-refractivity contribution in [2.75, 3.05) is 116 Å². The Morgan fingerprint density at radius 1 is 0.456 bits per heavy atom. The minimum atomic E-state index is -0.188. The standard InChI is InChI=1S/C26H32N6O2S.C25H31N5O2S.2C24H29N5O3S.2CH4/c1-14-5-8-18-23(28)24(35-26(18)29-14)25(33)30-16-7-9-20-15(11-16)6-10-22(31-20)32-12-19(27)21(13-32)34-17-3-2-4-17;1-4-25(3)13-30(11-20(25)26)17-7-6-15-9-16(12-32-19(15)10-17)29-23(31)22-21(27)18-8-5-14(2)28-24(18)33-22;2*1-12-4-7-17-20(26)22(33-24(17)27-12)23(30)28-15-8-14-5-6-16(9-19(14)32-11-15)29-10-18(25)21(31-3)13(29)2;;/h5-6,8,10,16-17,19,21H,2-4,7,9,11-13,27-28H2,1H3,(H,30,33);5-8,10,16,20H,4,9,11-13,26-27H2,1-3H3,(H,29,31);2*4-7,9,13,15,18,21H,8,10-11,25-26H2,1-3H3,(H,28,30);2*1H4/t16-,19-,21-;16-,20-,25-;13-,15+,18-,21-;13-,15-,18-,21-;;/m0101../s1. The lowest BCUT2D eigenvalue weighted by molar-refractivity contribution is -0.0469. The second-order valence-electron chi connectivity index (χ2n) is 37.5. The number of nitrogens with two attached hydrogens (primary N) is 8. The van der Waals surface area contributed by atoms with E-state index in [1.165, 1.54) is 57.3 Å². The van der Waals surface area contributed by atoms with Crippen LogP contribution in [-0.2, 0) is 46.3 Å². The molecule has 31 nitrogen and oxygen atoms in total. The van der Waals surface area contributed by atoms with Crippen molar-refractivity contribution in [1.29, 1.82) is 0 Å². The third-order valence-electron chi connectivity index (χ3n) is 28.1. The average Bonchev–Trinajstić information content (AvgIpc) is 1.60. The summed E-state index contributed by atoms with van der Waals surface area (Å²) in [6, 6.07) is 38.6. The minimum absolute atomic E-state index is 0. The number of aryl methyl sites for hydroxylation is 5. The van der Waals surface area contributed by atoms with E-state index in [1.807, 2.05) is 76.2 Å². The van der Waals surface area contributed by atoms with Crippen molar-refractivity contribution in [1.82, 2.24) is 46.2 Å². The molecule has 722 valence electrons. The first-order valence-corrected chi connectivity index (χ1v) is 49.6. The number of hydrogen-bond acceptors (Lipinski definition) is 31. The number of carbonyl (C=O) groups is 4. The summed E-state index contributed by atoms with van der Waals surface area (Å²) in [5.41, 5.74) is 64.9. The van der Waals surface area contributed by atoms with Gasteiger partial charge in [0.2, 0.25) is 0 Å². The lowest BCUT2D eigenvalue weighted by Gasteiger charge is -2.30. The van der Waals surface area contributed by atoms with Gasteiger partial charge in [-0.05, 0) is 201 Å². The molecular formula is C101H129N21O10S4. The number of amides is 4. The number of fused-ring (bicyclic) bond motifs is 8. The molecule has 2 aliphatic carbocycles. The van der Waals surface area contributed by atoms with Crippen LogP contribution in [0.25, 0.3) is 40.9 Å². The number of benzene rings is 3. The number of methoxy groups -OCH3 is 2. The molecule has 12 aromatic rings. The maximum absolute atomic E-state index is 13.0. The highest BCUT2D eigenvalue weighted by atomic mass is 32.1. The molecule has 4 amide bonds. The van der Waals surface area contributed by atoms with Crippen molar-refractivity contribution in [3.8, 4) is 17.2 Å². The molecule has 1 saturated carbocycles. The third-order valence-corrected chi connectivity index (χ3v) is 32.6. The summed E-state index contributed by atoms with van der Waals surface area (Å²) in [5, 5.41) is 15.8. The van der Waals surface area contributed by atoms with E-state index in [9.17, 15) is 19.2 Å². The van der Waals surface area contributed by atoms with E-state index in [1.54, 1.807) is 14.2 Å². The molecule has 0 unspecified atom stereocenters. The van der Waals surface area contributed by atoms with Crippen LogP contribution < -0.4 is 101 Å². The zero-order valence-electron chi connectivity index (χ0n) is 77.3. The first-order chi connectivity index (χ1) is 64.4. The number of pyridine rings is 5. The third kappa shape index (κ3) is 20.1. The van der Waals surface area contributed by atoms with E-state index in [2.05, 4.69) is 155 Å². The SMILES string of the molecule is C.C.CC[C@]1(C)CN(c2ccc3c(c2)OC[C@H](NC(=O)c2sc4nc(C)ccc4c2N)C3)C[C@H]1N.CO[C@@H]1[C@@H](N)CN(c2ccc3c(c2)OC[C@H](NC(=O)c2sc4nc(C)ccc4c2N)C3)[C@H]1C.CO[C@H]1[C@H](N)CN(c2ccc3c(c2)OC[C@H](NC(=O)c2sc4nc(C)ccc4c2N)C3)[C@@H]1C.Cc1ccc2c(N)c(C(=O)N[C@H]3CCc4nc(N5C[C@H](OC6CCC6)[C@@H](N)C5)ccc4C3)sc2n1. The van der Waals surface area contributed by atoms with Crippen molar-refractivity contribution >= 4 is 155 Å². The molecule has 3 aromatic carbocycles. The molecule has 4 saturated heterocycles. The molecule has 9 aliphatic rings. The van der Waals surface area contributed by atoms with Crippen LogP contribution in [0.1, 0.15) is 164 Å². The Balaban J connectivity index is 0.000000131. The van der Waals surface area contributed by atoms with Crippen LogP contribution in [0.2, 0.25) is 0 Å². The van der Waals surface area contributed by atoms with Crippen LogP contribution in [0.3, 0.4) is 0 Å². The fraction of sp³-hybridized carbons (Fsp3) is 0.455. The summed E-state index contributed by atoms with van der Waals surface area (Å²) in [5.74, 6) is 2.89. The number of thiophene rings is 4. The van der Waals surface area contributed by atoms with Gasteiger partial charge in [-0.15, -0.1) is 45.3 Å². The van der Waals surface area contributed by atoms with Crippen molar-refractivity contribution in [2.24, 2.45) is 28.3 Å². The Bertz CT molecular complexity index is 6260. The zero-order chi connectivity index (χ0) is 94.0. The van der Waals surface area contributed by atoms with Crippen LogP contribution in [0.4, 0.5) is 45.6 Å². The normalized spacial score (nSPS) is 24.1. The van der Waals surface area contributed by atoms with Gasteiger partial charge in [-0.2, -0.15) is 0 Å². The van der Waals surface area contributed by atoms with Gasteiger partial charge < -0.3 is 115 Å². The molecule has 7 aliphatic heterocycles. The summed E-state index contributed by atoms with van der Waals surface area (Å²) in [7, 11) is 3.41. The van der Waals surface area contributed by atoms with Gasteiger partial charge in [0.15, 0.2) is 0 Å². The van der Waals surface area contributed by atoms with Crippen LogP contribution in [0.5, 0.6) is 17.2 Å². The summed E-state index contributed by atoms with van der Waals surface area (Å²) in [4.78, 5) is 89.2. The van der Waals surface area contributed by atoms with E-state index in [4.69, 9.17) is 79.3 Å². The fourth-order valence-corrected chi connectivity index (χ4v) is 24.0. The predicted molar refractivity (Wildman–Crippen MR) is 549 cm³/mol. The number of carbonyl (C=O) groups excluding carboxylic acids is 4. The number of nitrogen functional groups attached to an aromatic ring is 4. The van der Waals surface area contributed by atoms with Gasteiger partial charge in [0.25, 0.3) is 23.6 Å². The second-order valence-corrected chi connectivity index (χ2v) is 41.5. The minimum Gasteiger partial charge on any atom is -0.491 e. The van der Waals surface area contributed by atoms with Crippen molar-refractivity contribution < 1.29 is 47.6 Å². The number of ether oxygens (including phenoxy) is 6. The number of rotatable bonds is 17. The Morgan fingerprint density at radius 3 is 1.20 bits per heavy atom. The lowest BCUT2D eigenvalue weighted by Crippen LogP contribution is -2.42. The fourth-order valence-electron chi connectivity index (χ4n) is 19.9. The maximum Gasteiger partial charge on any atom is 0.263 e. The predicted octanol–water partition coefficient (Wildman–Crippen LogP) is 12.7. The molecule has 16 heterocycles. The lowest BCUT2D eigenvalue weighted by atomic mass is 9.83. The smallest absolute Gasteiger partial charge is 0.263 e. The van der Waals surface area contributed by atoms with Gasteiger partial charge in [0.1, 0.15) is 81.7 Å². The highest BCUT2D eigenvalue weighted by Gasteiger charge is 2.43. The molecule has 9 aromatic heterocycles. The highest BCUT2D eigenvalue weighted by Crippen LogP contribution is 2.44. The quantitative estimate of drug-likeness (QED) is 0.0403. The Hall–Kier alpha value is -11.4. The Morgan fingerprint density at radius 2 is 0.831 bits per heavy atom. The molecule has 5 fully saturated rings. The van der Waals surface area contributed by atoms with Gasteiger partial charge in [-0.1, -0.05) is 53.0 Å². The van der Waals surface area contributed by atoms with E-state index in [-0.39, 0.29) is 123 Å². The van der Waals surface area contributed by atoms with E-state index >= 15 is 0 Å². The van der Waals surface area contributed by atoms with Gasteiger partial charge in [0.05, 0.1) is 95.5 Å². The monoisotopic (exact) mass is 1920 g/mol. The number of aromatic nitrogens is 5. The second kappa shape index (κ2) is 40.7. The molecule has 0 bridgehead atoms. The molecule has 35 heteroatoms. The van der Waals surface area contributed by atoms with Crippen molar-refractivity contribution in [3.63, 3.8) is 0 Å². The number of hydrogen-bond donors (Lipinski definition) is 12. The summed E-state index contributed by atoms with van der Waals surface area (Å²) < 4.78 is 35.5. The topological polar surface area (TPSA) is 457 Å². The number of nitrogens with one attached hydrogen (secondary N) is 4. The molecular weight excluding hydrogens is 1800 g/mol. The van der Waals surface area contributed by atoms with Gasteiger partial charge in [0, 0.05) is 156 Å². The summed E-state index contributed by atoms with van der Waals surface area (Å²) >= 11 is 5.34. The molecule has 136 heavy (non-hydrogen) atoms. The summed E-state index contributed by atoms with van der Waals surface area (Å²) in [6.45, 7) is 22.5. The van der Waals surface area contributed by atoms with Gasteiger partial charge in [-0.25, -0.2) is 24.9 Å². The summed E-state index contributed by atoms with van der Waals surface area (Å²) in [6.07, 6.45) is 9.67. The molecule has 0 radical (unpaired) electrons. The molecule has 20 N–H and O–H groups in total. The largest absolute Gasteiger partial charge is 0.491 e. The zero-order valence-corrected chi connectivity index (χ0v) is 80.6. The van der Waals surface area contributed by atoms with Gasteiger partial charge in [-0.3, -0.25) is 19.2 Å². The van der Waals surface area contributed by atoms with Crippen molar-refractivity contribution in [3.05, 3.63) is 185 Å². The Labute approximate surface area is 810 Å². The van der Waals surface area contributed by atoms with Crippen LogP contribution >= 0.6 is 45.3 Å².